The van der Waals surface area contributed by atoms with E-state index in [0.717, 1.165) is 17.3 Å². The molecule has 0 spiro atoms. The van der Waals surface area contributed by atoms with E-state index in [4.69, 9.17) is 0 Å². The minimum atomic E-state index is -0.917. The number of hydrogen-bond acceptors (Lipinski definition) is 2. The van der Waals surface area contributed by atoms with E-state index in [2.05, 4.69) is 15.9 Å². The van der Waals surface area contributed by atoms with Crippen molar-refractivity contribution in [2.45, 2.75) is 39.3 Å². The van der Waals surface area contributed by atoms with Gasteiger partial charge in [0, 0.05) is 23.8 Å². The maximum atomic E-state index is 12.7. The van der Waals surface area contributed by atoms with Gasteiger partial charge in [0.1, 0.15) is 11.7 Å². The molecule has 1 fully saturated rings. The number of carbonyl (C=O) groups is 2. The Hall–Kier alpha value is -1.30. The Morgan fingerprint density at radius 2 is 2.20 bits per heavy atom. The fourth-order valence-electron chi connectivity index (χ4n) is 2.85. The molecule has 1 aromatic heterocycles. The summed E-state index contributed by atoms with van der Waals surface area (Å²) in [5.41, 5.74) is 0.541. The molecule has 5 nitrogen and oxygen atoms in total. The number of carbonyl (C=O) groups excluding carboxylic acids is 1. The number of hydrogen-bond donors (Lipinski definition) is 1. The Balaban J connectivity index is 2.32. The summed E-state index contributed by atoms with van der Waals surface area (Å²) >= 11 is 3.36. The standard InChI is InChI=1S/C14H19BrN2O3/c1-3-16-8-10(15)7-11(16)13(18)17-6-4-5-9(2)12(17)14(19)20/h7-9,12H,3-6H2,1-2H3,(H,19,20). The third-order valence-electron chi connectivity index (χ3n) is 3.87. The first kappa shape index (κ1) is 15.1. The van der Waals surface area contributed by atoms with Gasteiger partial charge in [-0.2, -0.15) is 0 Å². The Morgan fingerprint density at radius 3 is 2.80 bits per heavy atom. The largest absolute Gasteiger partial charge is 0.480 e. The molecule has 1 amide bonds. The highest BCUT2D eigenvalue weighted by molar-refractivity contribution is 9.10. The number of aryl methyl sites for hydroxylation is 1. The Bertz CT molecular complexity index is 526. The van der Waals surface area contributed by atoms with E-state index in [1.165, 1.54) is 4.90 Å². The van der Waals surface area contributed by atoms with E-state index < -0.39 is 12.0 Å². The van der Waals surface area contributed by atoms with E-state index in [1.807, 2.05) is 24.6 Å². The van der Waals surface area contributed by atoms with Gasteiger partial charge in [-0.05, 0) is 47.7 Å². The minimum absolute atomic E-state index is 0.0151. The third-order valence-corrected chi connectivity index (χ3v) is 4.30. The van der Waals surface area contributed by atoms with Crippen molar-refractivity contribution in [2.75, 3.05) is 6.54 Å². The van der Waals surface area contributed by atoms with Crippen LogP contribution in [0, 0.1) is 5.92 Å². The van der Waals surface area contributed by atoms with Crippen molar-refractivity contribution in [1.82, 2.24) is 9.47 Å². The number of likely N-dealkylation sites (tertiary alicyclic amines) is 1. The highest BCUT2D eigenvalue weighted by Crippen LogP contribution is 2.26. The molecule has 20 heavy (non-hydrogen) atoms. The van der Waals surface area contributed by atoms with Crippen molar-refractivity contribution >= 4 is 27.8 Å². The van der Waals surface area contributed by atoms with E-state index in [0.29, 0.717) is 18.8 Å². The molecular weight excluding hydrogens is 324 g/mol. The first-order valence-electron chi connectivity index (χ1n) is 6.85. The summed E-state index contributed by atoms with van der Waals surface area (Å²) < 4.78 is 2.67. The molecule has 1 N–H and O–H groups in total. The number of amides is 1. The summed E-state index contributed by atoms with van der Waals surface area (Å²) in [6.45, 7) is 5.03. The van der Waals surface area contributed by atoms with E-state index in [-0.39, 0.29) is 11.8 Å². The van der Waals surface area contributed by atoms with Gasteiger partial charge in [-0.15, -0.1) is 0 Å². The number of aromatic nitrogens is 1. The molecule has 1 aliphatic heterocycles. The van der Waals surface area contributed by atoms with Crippen LogP contribution in [-0.4, -0.2) is 39.0 Å². The first-order chi connectivity index (χ1) is 9.45. The molecule has 0 aromatic carbocycles. The second-order valence-electron chi connectivity index (χ2n) is 5.23. The molecule has 0 aliphatic carbocycles. The van der Waals surface area contributed by atoms with Gasteiger partial charge in [0.25, 0.3) is 5.91 Å². The molecular formula is C14H19BrN2O3. The molecule has 0 saturated carbocycles. The molecule has 2 heterocycles. The number of carboxylic acid groups (broad SMARTS) is 1. The smallest absolute Gasteiger partial charge is 0.326 e. The molecule has 1 saturated heterocycles. The van der Waals surface area contributed by atoms with Gasteiger partial charge in [0.15, 0.2) is 0 Å². The van der Waals surface area contributed by atoms with Crippen LogP contribution < -0.4 is 0 Å². The lowest BCUT2D eigenvalue weighted by Gasteiger charge is -2.37. The van der Waals surface area contributed by atoms with Crippen molar-refractivity contribution in [1.29, 1.82) is 0 Å². The van der Waals surface area contributed by atoms with Gasteiger partial charge >= 0.3 is 5.97 Å². The zero-order valence-corrected chi connectivity index (χ0v) is 13.3. The molecule has 2 unspecified atom stereocenters. The number of rotatable bonds is 3. The van der Waals surface area contributed by atoms with Gasteiger partial charge in [-0.25, -0.2) is 4.79 Å². The molecule has 1 aromatic rings. The van der Waals surface area contributed by atoms with Crippen LogP contribution in [0.5, 0.6) is 0 Å². The fourth-order valence-corrected chi connectivity index (χ4v) is 3.32. The van der Waals surface area contributed by atoms with E-state index in [1.54, 1.807) is 6.07 Å². The fraction of sp³-hybridized carbons (Fsp3) is 0.571. The molecule has 0 bridgehead atoms. The maximum Gasteiger partial charge on any atom is 0.326 e. The number of aliphatic carboxylic acids is 1. The monoisotopic (exact) mass is 342 g/mol. The van der Waals surface area contributed by atoms with Crippen LogP contribution in [0.15, 0.2) is 16.7 Å². The average molecular weight is 343 g/mol. The number of nitrogens with zero attached hydrogens (tertiary/aromatic N) is 2. The van der Waals surface area contributed by atoms with Crippen molar-refractivity contribution < 1.29 is 14.7 Å². The topological polar surface area (TPSA) is 62.5 Å². The van der Waals surface area contributed by atoms with Gasteiger partial charge in [-0.3, -0.25) is 4.79 Å². The predicted molar refractivity (Wildman–Crippen MR) is 78.7 cm³/mol. The molecule has 2 atom stereocenters. The van der Waals surface area contributed by atoms with E-state index in [9.17, 15) is 14.7 Å². The number of carboxylic acids is 1. The first-order valence-corrected chi connectivity index (χ1v) is 7.64. The Kier molecular flexibility index (Phi) is 4.52. The Labute approximate surface area is 126 Å². The quantitative estimate of drug-likeness (QED) is 0.918. The SMILES string of the molecule is CCn1cc(Br)cc1C(=O)N1CCCC(C)C1C(=O)O. The highest BCUT2D eigenvalue weighted by Gasteiger charge is 2.38. The van der Waals surface area contributed by atoms with Crippen molar-refractivity contribution in [3.05, 3.63) is 22.4 Å². The lowest BCUT2D eigenvalue weighted by Crippen LogP contribution is -2.52. The molecule has 0 radical (unpaired) electrons. The van der Waals surface area contributed by atoms with Crippen LogP contribution in [0.3, 0.4) is 0 Å². The summed E-state index contributed by atoms with van der Waals surface area (Å²) in [5.74, 6) is -1.13. The summed E-state index contributed by atoms with van der Waals surface area (Å²) in [7, 11) is 0. The van der Waals surface area contributed by atoms with Crippen molar-refractivity contribution in [3.8, 4) is 0 Å². The van der Waals surface area contributed by atoms with Gasteiger partial charge in [0.05, 0.1) is 0 Å². The van der Waals surface area contributed by atoms with Crippen LogP contribution in [0.4, 0.5) is 0 Å². The van der Waals surface area contributed by atoms with Crippen LogP contribution in [-0.2, 0) is 11.3 Å². The summed E-state index contributed by atoms with van der Waals surface area (Å²) in [6.07, 6.45) is 3.54. The summed E-state index contributed by atoms with van der Waals surface area (Å²) in [6, 6.07) is 1.03. The minimum Gasteiger partial charge on any atom is -0.480 e. The van der Waals surface area contributed by atoms with Gasteiger partial charge in [-0.1, -0.05) is 6.92 Å². The normalized spacial score (nSPS) is 22.9. The van der Waals surface area contributed by atoms with Crippen molar-refractivity contribution in [2.24, 2.45) is 5.92 Å². The molecule has 110 valence electrons. The molecule has 2 rings (SSSR count). The average Bonchev–Trinajstić information content (AvgIpc) is 2.78. The second-order valence-corrected chi connectivity index (χ2v) is 6.15. The molecule has 1 aliphatic rings. The predicted octanol–water partition coefficient (Wildman–Crippen LogP) is 2.60. The van der Waals surface area contributed by atoms with Crippen LogP contribution in [0.1, 0.15) is 37.2 Å². The van der Waals surface area contributed by atoms with Gasteiger partial charge in [0.2, 0.25) is 0 Å². The number of halogens is 1. The van der Waals surface area contributed by atoms with Crippen LogP contribution in [0.25, 0.3) is 0 Å². The van der Waals surface area contributed by atoms with Crippen molar-refractivity contribution in [3.63, 3.8) is 0 Å². The lowest BCUT2D eigenvalue weighted by molar-refractivity contribution is -0.145. The zero-order chi connectivity index (χ0) is 14.9. The summed E-state index contributed by atoms with van der Waals surface area (Å²) in [5, 5.41) is 9.40. The van der Waals surface area contributed by atoms with E-state index >= 15 is 0 Å². The van der Waals surface area contributed by atoms with Crippen LogP contribution in [0.2, 0.25) is 0 Å². The maximum absolute atomic E-state index is 12.7. The Morgan fingerprint density at radius 1 is 1.50 bits per heavy atom. The zero-order valence-electron chi connectivity index (χ0n) is 11.7. The highest BCUT2D eigenvalue weighted by atomic mass is 79.9. The molecule has 6 heteroatoms. The second kappa shape index (κ2) is 5.99. The summed E-state index contributed by atoms with van der Waals surface area (Å²) in [4.78, 5) is 25.6. The van der Waals surface area contributed by atoms with Gasteiger partial charge < -0.3 is 14.6 Å². The number of piperidine rings is 1. The lowest BCUT2D eigenvalue weighted by atomic mass is 9.90. The van der Waals surface area contributed by atoms with Crippen LogP contribution >= 0.6 is 15.9 Å². The third kappa shape index (κ3) is 2.75.